The maximum atomic E-state index is 11.3. The van der Waals surface area contributed by atoms with Crippen LogP contribution in [-0.2, 0) is 19.1 Å². The highest BCUT2D eigenvalue weighted by molar-refractivity contribution is 7.87. The van der Waals surface area contributed by atoms with E-state index < -0.39 is 21.5 Å². The first-order valence-corrected chi connectivity index (χ1v) is 10.0. The van der Waals surface area contributed by atoms with Crippen LogP contribution in [0.15, 0.2) is 0 Å². The third-order valence-corrected chi connectivity index (χ3v) is 4.87. The molecule has 1 atom stereocenters. The molecule has 0 aliphatic carbocycles. The first kappa shape index (κ1) is 21.4. The lowest BCUT2D eigenvalue weighted by molar-refractivity contribution is -0.134. The van der Waals surface area contributed by atoms with Crippen molar-refractivity contribution in [1.82, 2.24) is 0 Å². The zero-order valence-corrected chi connectivity index (χ0v) is 14.9. The number of rotatable bonds is 14. The van der Waals surface area contributed by atoms with Gasteiger partial charge in [-0.2, -0.15) is 8.42 Å². The zero-order chi connectivity index (χ0) is 16.8. The fourth-order valence-electron chi connectivity index (χ4n) is 2.17. The molecule has 0 heterocycles. The maximum Gasteiger partial charge on any atom is 0.338 e. The molecule has 0 radical (unpaired) electrons. The van der Waals surface area contributed by atoms with E-state index in [1.54, 1.807) is 0 Å². The molecule has 0 aliphatic rings. The first-order chi connectivity index (χ1) is 10.4. The average molecular weight is 336 g/mol. The van der Waals surface area contributed by atoms with E-state index in [1.165, 1.54) is 44.9 Å². The van der Waals surface area contributed by atoms with Gasteiger partial charge >= 0.3 is 16.1 Å². The lowest BCUT2D eigenvalue weighted by Crippen LogP contribution is -2.23. The molecule has 0 fully saturated rings. The van der Waals surface area contributed by atoms with E-state index in [2.05, 4.69) is 11.1 Å². The summed E-state index contributed by atoms with van der Waals surface area (Å²) >= 11 is 0. The Balaban J connectivity index is 3.41. The minimum Gasteiger partial charge on any atom is -0.374 e. The molecule has 0 aromatic rings. The summed E-state index contributed by atoms with van der Waals surface area (Å²) in [5, 5.41) is 8.92. The van der Waals surface area contributed by atoms with Crippen molar-refractivity contribution in [1.29, 1.82) is 0 Å². The predicted molar refractivity (Wildman–Crippen MR) is 87.8 cm³/mol. The van der Waals surface area contributed by atoms with Crippen LogP contribution in [0.1, 0.15) is 90.9 Å². The Hall–Kier alpha value is -0.620. The predicted octanol–water partition coefficient (Wildman–Crippen LogP) is 3.90. The number of aliphatic hydroxyl groups excluding tert-OH is 1. The van der Waals surface area contributed by atoms with Crippen molar-refractivity contribution in [3.63, 3.8) is 0 Å². The molecule has 0 amide bonds. The molecule has 5 nitrogen and oxygen atoms in total. The van der Waals surface area contributed by atoms with Gasteiger partial charge in [-0.25, -0.2) is 0 Å². The molecule has 0 spiro atoms. The highest BCUT2D eigenvalue weighted by atomic mass is 32.2. The van der Waals surface area contributed by atoms with Crippen LogP contribution >= 0.6 is 0 Å². The molecular weight excluding hydrogens is 304 g/mol. The second-order valence-electron chi connectivity index (χ2n) is 5.83. The summed E-state index contributed by atoms with van der Waals surface area (Å²) in [6.45, 7) is 3.28. The van der Waals surface area contributed by atoms with Gasteiger partial charge in [0.15, 0.2) is 5.44 Å². The van der Waals surface area contributed by atoms with Crippen LogP contribution < -0.4 is 0 Å². The van der Waals surface area contributed by atoms with E-state index in [-0.39, 0.29) is 6.42 Å². The highest BCUT2D eigenvalue weighted by Crippen LogP contribution is 2.12. The number of hydrogen-bond acceptors (Lipinski definition) is 5. The van der Waals surface area contributed by atoms with Gasteiger partial charge in [-0.15, -0.1) is 0 Å². The van der Waals surface area contributed by atoms with E-state index in [9.17, 15) is 13.2 Å². The fourth-order valence-corrected chi connectivity index (χ4v) is 2.66. The molecule has 1 N–H and O–H groups in total. The van der Waals surface area contributed by atoms with E-state index in [0.29, 0.717) is 6.42 Å². The zero-order valence-electron chi connectivity index (χ0n) is 14.1. The van der Waals surface area contributed by atoms with Gasteiger partial charge in [-0.1, -0.05) is 71.1 Å². The number of unbranched alkanes of at least 4 members (excludes halogenated alkanes) is 10. The molecule has 6 heteroatoms. The Kier molecular flexibility index (Phi) is 12.5. The number of carbonyl (C=O) groups is 1. The van der Waals surface area contributed by atoms with Crippen LogP contribution in [-0.4, -0.2) is 24.9 Å². The van der Waals surface area contributed by atoms with Crippen LogP contribution in [0.4, 0.5) is 0 Å². The Morgan fingerprint density at radius 3 is 1.73 bits per heavy atom. The molecule has 0 saturated heterocycles. The van der Waals surface area contributed by atoms with E-state index >= 15 is 0 Å². The highest BCUT2D eigenvalue weighted by Gasteiger charge is 2.22. The van der Waals surface area contributed by atoms with Crippen molar-refractivity contribution in [3.8, 4) is 0 Å². The summed E-state index contributed by atoms with van der Waals surface area (Å²) in [5.41, 5.74) is -1.67. The first-order valence-electron chi connectivity index (χ1n) is 8.54. The second kappa shape index (κ2) is 12.9. The largest absolute Gasteiger partial charge is 0.374 e. The minimum atomic E-state index is -4.16. The molecule has 0 aromatic carbocycles. The van der Waals surface area contributed by atoms with Gasteiger partial charge in [-0.3, -0.25) is 4.79 Å². The van der Waals surface area contributed by atoms with Crippen LogP contribution in [0, 0.1) is 0 Å². The van der Waals surface area contributed by atoms with Gasteiger partial charge in [0.1, 0.15) is 0 Å². The number of aliphatic hydroxyl groups is 1. The van der Waals surface area contributed by atoms with Gasteiger partial charge in [0.2, 0.25) is 0 Å². The Morgan fingerprint density at radius 1 is 0.909 bits per heavy atom. The Labute approximate surface area is 135 Å². The summed E-state index contributed by atoms with van der Waals surface area (Å²) in [6, 6.07) is 0. The standard InChI is InChI=1S/C16H32O5S/c1-3-4-5-6-7-8-9-10-11-12-13-14-16(18)21-22(19,20)15(2)17/h15,17H,3-14H2,1-2H3. The summed E-state index contributed by atoms with van der Waals surface area (Å²) in [6.07, 6.45) is 12.9. The second-order valence-corrected chi connectivity index (χ2v) is 7.67. The van der Waals surface area contributed by atoms with Gasteiger partial charge in [0, 0.05) is 6.42 Å². The van der Waals surface area contributed by atoms with Crippen molar-refractivity contribution in [2.24, 2.45) is 0 Å². The Morgan fingerprint density at radius 2 is 1.32 bits per heavy atom. The normalized spacial score (nSPS) is 13.0. The lowest BCUT2D eigenvalue weighted by Gasteiger charge is -2.07. The molecular formula is C16H32O5S. The third-order valence-electron chi connectivity index (χ3n) is 3.61. The molecule has 132 valence electrons. The quantitative estimate of drug-likeness (QED) is 0.384. The molecule has 0 aromatic heterocycles. The summed E-state index contributed by atoms with van der Waals surface area (Å²) in [4.78, 5) is 11.3. The molecule has 0 saturated carbocycles. The topological polar surface area (TPSA) is 80.7 Å². The van der Waals surface area contributed by atoms with Crippen molar-refractivity contribution in [2.45, 2.75) is 96.3 Å². The molecule has 0 bridgehead atoms. The monoisotopic (exact) mass is 336 g/mol. The van der Waals surface area contributed by atoms with Crippen molar-refractivity contribution in [3.05, 3.63) is 0 Å². The fraction of sp³-hybridized carbons (Fsp3) is 0.938. The van der Waals surface area contributed by atoms with Gasteiger partial charge < -0.3 is 9.29 Å². The van der Waals surface area contributed by atoms with Crippen LogP contribution in [0.2, 0.25) is 0 Å². The maximum absolute atomic E-state index is 11.3. The number of hydrogen-bond donors (Lipinski definition) is 1. The smallest absolute Gasteiger partial charge is 0.338 e. The summed E-state index contributed by atoms with van der Waals surface area (Å²) < 4.78 is 26.6. The third kappa shape index (κ3) is 12.0. The molecule has 1 unspecified atom stereocenters. The van der Waals surface area contributed by atoms with Crippen molar-refractivity contribution < 1.29 is 22.5 Å². The van der Waals surface area contributed by atoms with Gasteiger partial charge in [0.25, 0.3) is 0 Å². The van der Waals surface area contributed by atoms with E-state index in [1.807, 2.05) is 0 Å². The average Bonchev–Trinajstić information content (AvgIpc) is 2.44. The van der Waals surface area contributed by atoms with E-state index in [0.717, 1.165) is 26.2 Å². The van der Waals surface area contributed by atoms with Crippen molar-refractivity contribution >= 4 is 16.1 Å². The molecule has 0 aliphatic heterocycles. The van der Waals surface area contributed by atoms with Crippen LogP contribution in [0.3, 0.4) is 0 Å². The molecule has 0 rings (SSSR count). The summed E-state index contributed by atoms with van der Waals surface area (Å²) in [5.74, 6) is -0.781. The van der Waals surface area contributed by atoms with Crippen LogP contribution in [0.5, 0.6) is 0 Å². The van der Waals surface area contributed by atoms with Crippen LogP contribution in [0.25, 0.3) is 0 Å². The molecule has 22 heavy (non-hydrogen) atoms. The number of carbonyl (C=O) groups excluding carboxylic acids is 1. The lowest BCUT2D eigenvalue weighted by atomic mass is 10.1. The Bertz CT molecular complexity index is 376. The van der Waals surface area contributed by atoms with Gasteiger partial charge in [0.05, 0.1) is 0 Å². The summed E-state index contributed by atoms with van der Waals surface area (Å²) in [7, 11) is -4.16. The minimum absolute atomic E-state index is 0.0863. The SMILES string of the molecule is CCCCCCCCCCCCCC(=O)OS(=O)(=O)C(C)O. The van der Waals surface area contributed by atoms with Crippen molar-refractivity contribution in [2.75, 3.05) is 0 Å². The van der Waals surface area contributed by atoms with E-state index in [4.69, 9.17) is 5.11 Å². The van der Waals surface area contributed by atoms with Gasteiger partial charge in [-0.05, 0) is 13.3 Å².